The molecule has 2 aliphatic rings. The summed E-state index contributed by atoms with van der Waals surface area (Å²) in [6.45, 7) is 4.36. The number of nitrogens with one attached hydrogen (secondary N) is 3. The highest BCUT2D eigenvalue weighted by Gasteiger charge is 2.13. The van der Waals surface area contributed by atoms with Crippen molar-refractivity contribution in [1.82, 2.24) is 16.2 Å². The summed E-state index contributed by atoms with van der Waals surface area (Å²) in [5.41, 5.74) is 7.62. The molecule has 0 aliphatic carbocycles. The molecule has 0 bridgehead atoms. The molecule has 1 fully saturated rings. The average molecular weight is 263 g/mol. The van der Waals surface area contributed by atoms with Crippen LogP contribution < -0.4 is 25.6 Å². The van der Waals surface area contributed by atoms with Crippen LogP contribution in [0.15, 0.2) is 18.2 Å². The van der Waals surface area contributed by atoms with Crippen molar-refractivity contribution in [2.45, 2.75) is 25.4 Å². The Kier molecular flexibility index (Phi) is 4.17. The van der Waals surface area contributed by atoms with Crippen molar-refractivity contribution < 1.29 is 9.47 Å². The van der Waals surface area contributed by atoms with Crippen LogP contribution in [0.25, 0.3) is 0 Å². The molecule has 0 amide bonds. The van der Waals surface area contributed by atoms with Gasteiger partial charge in [0, 0.05) is 32.1 Å². The number of hydrazine groups is 1. The van der Waals surface area contributed by atoms with E-state index in [1.54, 1.807) is 0 Å². The molecule has 19 heavy (non-hydrogen) atoms. The highest BCUT2D eigenvalue weighted by molar-refractivity contribution is 5.43. The molecule has 0 saturated carbocycles. The minimum Gasteiger partial charge on any atom is -0.490 e. The molecule has 5 heteroatoms. The van der Waals surface area contributed by atoms with E-state index in [1.807, 2.05) is 6.07 Å². The average Bonchev–Trinajstić information content (AvgIpc) is 2.83. The molecule has 0 aromatic heterocycles. The zero-order valence-electron chi connectivity index (χ0n) is 11.1. The van der Waals surface area contributed by atoms with Gasteiger partial charge in [-0.15, -0.1) is 0 Å². The second-order valence-electron chi connectivity index (χ2n) is 5.02. The van der Waals surface area contributed by atoms with Gasteiger partial charge in [0.1, 0.15) is 0 Å². The Bertz CT molecular complexity index is 419. The fraction of sp³-hybridized carbons (Fsp3) is 0.571. The largest absolute Gasteiger partial charge is 0.490 e. The van der Waals surface area contributed by atoms with Crippen LogP contribution in [0.3, 0.4) is 0 Å². The lowest BCUT2D eigenvalue weighted by Gasteiger charge is -2.12. The highest BCUT2D eigenvalue weighted by atomic mass is 16.5. The Balaban J connectivity index is 1.54. The highest BCUT2D eigenvalue weighted by Crippen LogP contribution is 2.30. The third kappa shape index (κ3) is 3.37. The van der Waals surface area contributed by atoms with Gasteiger partial charge in [0.15, 0.2) is 11.5 Å². The van der Waals surface area contributed by atoms with Gasteiger partial charge in [0.2, 0.25) is 0 Å². The predicted octanol–water partition coefficient (Wildman–Crippen LogP) is 0.804. The summed E-state index contributed by atoms with van der Waals surface area (Å²) in [6.07, 6.45) is 2.12. The third-order valence-electron chi connectivity index (χ3n) is 3.46. The maximum Gasteiger partial charge on any atom is 0.161 e. The van der Waals surface area contributed by atoms with Crippen LogP contribution in [0.4, 0.5) is 0 Å². The Morgan fingerprint density at radius 1 is 1.21 bits per heavy atom. The van der Waals surface area contributed by atoms with E-state index >= 15 is 0 Å². The second kappa shape index (κ2) is 6.23. The second-order valence-corrected chi connectivity index (χ2v) is 5.02. The molecule has 104 valence electrons. The molecular weight excluding hydrogens is 242 g/mol. The van der Waals surface area contributed by atoms with Crippen LogP contribution in [0.2, 0.25) is 0 Å². The van der Waals surface area contributed by atoms with Gasteiger partial charge in [0.25, 0.3) is 0 Å². The summed E-state index contributed by atoms with van der Waals surface area (Å²) in [5, 5.41) is 3.47. The van der Waals surface area contributed by atoms with Gasteiger partial charge in [-0.05, 0) is 24.1 Å². The van der Waals surface area contributed by atoms with Crippen molar-refractivity contribution in [2.75, 3.05) is 26.3 Å². The van der Waals surface area contributed by atoms with E-state index in [1.165, 1.54) is 12.0 Å². The van der Waals surface area contributed by atoms with E-state index in [4.69, 9.17) is 9.47 Å². The molecule has 5 nitrogen and oxygen atoms in total. The molecule has 1 saturated heterocycles. The van der Waals surface area contributed by atoms with Crippen molar-refractivity contribution in [1.29, 1.82) is 0 Å². The molecule has 1 aromatic carbocycles. The van der Waals surface area contributed by atoms with E-state index in [0.717, 1.165) is 50.8 Å². The molecule has 3 N–H and O–H groups in total. The quantitative estimate of drug-likeness (QED) is 0.750. The minimum absolute atomic E-state index is 0.528. The fourth-order valence-electron chi connectivity index (χ4n) is 2.40. The maximum absolute atomic E-state index is 5.69. The van der Waals surface area contributed by atoms with Crippen molar-refractivity contribution in [3.05, 3.63) is 23.8 Å². The zero-order chi connectivity index (χ0) is 12.9. The van der Waals surface area contributed by atoms with Crippen molar-refractivity contribution in [3.8, 4) is 11.5 Å². The summed E-state index contributed by atoms with van der Waals surface area (Å²) >= 11 is 0. The summed E-state index contributed by atoms with van der Waals surface area (Å²) < 4.78 is 11.3. The van der Waals surface area contributed by atoms with Crippen molar-refractivity contribution in [3.63, 3.8) is 0 Å². The number of rotatable bonds is 4. The molecule has 1 atom stereocenters. The molecule has 2 aliphatic heterocycles. The van der Waals surface area contributed by atoms with E-state index < -0.39 is 0 Å². The normalized spacial score (nSPS) is 22.2. The number of benzene rings is 1. The van der Waals surface area contributed by atoms with E-state index in [0.29, 0.717) is 6.04 Å². The van der Waals surface area contributed by atoms with E-state index in [-0.39, 0.29) is 0 Å². The van der Waals surface area contributed by atoms with Gasteiger partial charge in [-0.3, -0.25) is 10.9 Å². The van der Waals surface area contributed by atoms with Crippen LogP contribution in [-0.2, 0) is 6.54 Å². The van der Waals surface area contributed by atoms with Crippen molar-refractivity contribution >= 4 is 0 Å². The van der Waals surface area contributed by atoms with Gasteiger partial charge in [-0.25, -0.2) is 0 Å². The first-order chi connectivity index (χ1) is 9.42. The Hall–Kier alpha value is -1.30. The molecular formula is C14H21N3O2. The summed E-state index contributed by atoms with van der Waals surface area (Å²) in [5.74, 6) is 1.74. The van der Waals surface area contributed by atoms with Crippen LogP contribution in [-0.4, -0.2) is 32.3 Å². The SMILES string of the molecule is c1cc2c(cc1CNCC1CCNN1)OCCCO2. The molecule has 2 heterocycles. The minimum atomic E-state index is 0.528. The first kappa shape index (κ1) is 12.7. The number of hydrogen-bond acceptors (Lipinski definition) is 5. The van der Waals surface area contributed by atoms with Crippen LogP contribution in [0.5, 0.6) is 11.5 Å². The predicted molar refractivity (Wildman–Crippen MR) is 73.3 cm³/mol. The number of hydrogen-bond donors (Lipinski definition) is 3. The lowest BCUT2D eigenvalue weighted by atomic mass is 10.2. The van der Waals surface area contributed by atoms with Gasteiger partial charge in [-0.1, -0.05) is 6.07 Å². The third-order valence-corrected chi connectivity index (χ3v) is 3.46. The maximum atomic E-state index is 5.69. The smallest absolute Gasteiger partial charge is 0.161 e. The molecule has 0 radical (unpaired) electrons. The Labute approximate surface area is 113 Å². The first-order valence-corrected chi connectivity index (χ1v) is 6.99. The van der Waals surface area contributed by atoms with Crippen molar-refractivity contribution in [2.24, 2.45) is 0 Å². The van der Waals surface area contributed by atoms with Gasteiger partial charge < -0.3 is 14.8 Å². The number of fused-ring (bicyclic) bond motifs is 1. The van der Waals surface area contributed by atoms with Gasteiger partial charge >= 0.3 is 0 Å². The fourth-order valence-corrected chi connectivity index (χ4v) is 2.40. The topological polar surface area (TPSA) is 54.5 Å². The summed E-state index contributed by atoms with van der Waals surface area (Å²) in [7, 11) is 0. The molecule has 3 rings (SSSR count). The monoisotopic (exact) mass is 263 g/mol. The molecule has 0 spiro atoms. The van der Waals surface area contributed by atoms with Gasteiger partial charge in [-0.2, -0.15) is 0 Å². The number of ether oxygens (including phenoxy) is 2. The Morgan fingerprint density at radius 3 is 2.95 bits per heavy atom. The zero-order valence-corrected chi connectivity index (χ0v) is 11.1. The lowest BCUT2D eigenvalue weighted by molar-refractivity contribution is 0.297. The van der Waals surface area contributed by atoms with Crippen LogP contribution >= 0.6 is 0 Å². The van der Waals surface area contributed by atoms with Crippen LogP contribution in [0, 0.1) is 0 Å². The standard InChI is InChI=1S/C14H21N3O2/c1-6-18-13-3-2-11(8-14(13)19-7-1)9-15-10-12-4-5-16-17-12/h2-3,8,12,15-17H,1,4-7,9-10H2. The first-order valence-electron chi connectivity index (χ1n) is 6.99. The van der Waals surface area contributed by atoms with E-state index in [2.05, 4.69) is 28.3 Å². The summed E-state index contributed by atoms with van der Waals surface area (Å²) in [6, 6.07) is 6.71. The van der Waals surface area contributed by atoms with E-state index in [9.17, 15) is 0 Å². The Morgan fingerprint density at radius 2 is 2.11 bits per heavy atom. The lowest BCUT2D eigenvalue weighted by Crippen LogP contribution is -2.37. The van der Waals surface area contributed by atoms with Gasteiger partial charge in [0.05, 0.1) is 13.2 Å². The summed E-state index contributed by atoms with van der Waals surface area (Å²) in [4.78, 5) is 0. The van der Waals surface area contributed by atoms with Crippen LogP contribution in [0.1, 0.15) is 18.4 Å². The molecule has 1 aromatic rings. The molecule has 1 unspecified atom stereocenters.